The van der Waals surface area contributed by atoms with Crippen molar-refractivity contribution in [2.45, 2.75) is 95.4 Å². The molecule has 14 heteroatoms. The zero-order valence-electron chi connectivity index (χ0n) is 31.4. The number of amides is 3. The molecule has 5 heterocycles. The van der Waals surface area contributed by atoms with Crippen LogP contribution in [0.4, 0.5) is 24.5 Å². The molecular weight excluding hydrogens is 711 g/mol. The van der Waals surface area contributed by atoms with Gasteiger partial charge in [-0.1, -0.05) is 18.2 Å². The largest absolute Gasteiger partial charge is 0.489 e. The number of fused-ring (bicyclic) bond motifs is 1. The van der Waals surface area contributed by atoms with Crippen LogP contribution in [-0.4, -0.2) is 75.8 Å². The van der Waals surface area contributed by atoms with Crippen molar-refractivity contribution in [2.24, 2.45) is 5.92 Å². The Morgan fingerprint density at radius 3 is 2.44 bits per heavy atom. The zero-order chi connectivity index (χ0) is 38.9. The van der Waals surface area contributed by atoms with Crippen molar-refractivity contribution in [3.8, 4) is 5.75 Å². The maximum atomic E-state index is 13.2. The van der Waals surface area contributed by atoms with Crippen LogP contribution in [0.3, 0.4) is 0 Å². The third-order valence-electron chi connectivity index (χ3n) is 11.2. The van der Waals surface area contributed by atoms with Crippen LogP contribution in [0, 0.1) is 5.92 Å². The van der Waals surface area contributed by atoms with Gasteiger partial charge in [-0.3, -0.25) is 19.7 Å². The lowest BCUT2D eigenvalue weighted by molar-refractivity contribution is -0.141. The maximum Gasteiger partial charge on any atom is 0.433 e. The predicted molar refractivity (Wildman–Crippen MR) is 202 cm³/mol. The van der Waals surface area contributed by atoms with E-state index in [-0.39, 0.29) is 29.5 Å². The van der Waals surface area contributed by atoms with Crippen molar-refractivity contribution in [2.75, 3.05) is 36.9 Å². The fourth-order valence-electron chi connectivity index (χ4n) is 8.29. The Kier molecular flexibility index (Phi) is 11.2. The number of anilines is 2. The van der Waals surface area contributed by atoms with Crippen molar-refractivity contribution < 1.29 is 32.3 Å². The highest BCUT2D eigenvalue weighted by Crippen LogP contribution is 2.38. The lowest BCUT2D eigenvalue weighted by Gasteiger charge is -2.40. The molecule has 1 aromatic carbocycles. The summed E-state index contributed by atoms with van der Waals surface area (Å²) in [6, 6.07) is 13.7. The number of nitrogens with zero attached hydrogens (tertiary/aromatic N) is 5. The molecule has 2 saturated heterocycles. The molecule has 0 radical (unpaired) electrons. The number of rotatable bonds is 10. The van der Waals surface area contributed by atoms with Gasteiger partial charge in [0.05, 0.1) is 17.7 Å². The van der Waals surface area contributed by atoms with Gasteiger partial charge in [-0.15, -0.1) is 0 Å². The zero-order valence-corrected chi connectivity index (χ0v) is 31.4. The van der Waals surface area contributed by atoms with Crippen molar-refractivity contribution in [1.82, 2.24) is 24.6 Å². The second-order valence-corrected chi connectivity index (χ2v) is 15.5. The number of hydrogen-bond acceptors (Lipinski definition) is 8. The van der Waals surface area contributed by atoms with Crippen LogP contribution in [0.5, 0.6) is 5.75 Å². The summed E-state index contributed by atoms with van der Waals surface area (Å²) in [5.41, 5.74) is 2.56. The van der Waals surface area contributed by atoms with Crippen LogP contribution in [0.25, 0.3) is 5.65 Å². The number of carbonyl (C=O) groups is 3. The Labute approximate surface area is 318 Å². The molecule has 55 heavy (non-hydrogen) atoms. The third kappa shape index (κ3) is 8.95. The van der Waals surface area contributed by atoms with E-state index in [1.807, 2.05) is 36.6 Å². The fraction of sp³-hybridized carbons (Fsp3) is 0.488. The molecule has 2 aliphatic heterocycles. The summed E-state index contributed by atoms with van der Waals surface area (Å²) >= 11 is 0. The second-order valence-electron chi connectivity index (χ2n) is 15.5. The van der Waals surface area contributed by atoms with E-state index in [9.17, 15) is 27.6 Å². The number of halogens is 3. The molecule has 4 aromatic rings. The molecule has 2 N–H and O–H groups in total. The number of nitrogens with one attached hydrogen (secondary N) is 2. The third-order valence-corrected chi connectivity index (χ3v) is 11.2. The van der Waals surface area contributed by atoms with Crippen LogP contribution in [0.2, 0.25) is 0 Å². The fourth-order valence-corrected chi connectivity index (χ4v) is 8.29. The average molecular weight is 760 g/mol. The molecule has 1 aliphatic carbocycles. The molecule has 0 spiro atoms. The molecule has 11 nitrogen and oxygen atoms in total. The quantitative estimate of drug-likeness (QED) is 0.163. The van der Waals surface area contributed by atoms with Gasteiger partial charge in [0.2, 0.25) is 11.8 Å². The standard InChI is InChI=1S/C41H48F3N7O4/c1-25(2)55-35-21-37-46-33(23-51(37)24-34(35)47-40(54)32-8-5-9-36(45-32)41(42,43)44)27-12-10-26(11-13-27)22-49(3)29-16-18-50(19-17-29)30-7-4-6-28(20-30)31-14-15-38(52)48-39(31)53/h4-9,20-21,23-27,29,31H,10-19,22H2,1-3H3,(H,47,54)(H,48,52,53)/t26-,27-,31?. The van der Waals surface area contributed by atoms with Crippen LogP contribution >= 0.6 is 0 Å². The molecule has 0 bridgehead atoms. The van der Waals surface area contributed by atoms with Crippen molar-refractivity contribution in [1.29, 1.82) is 0 Å². The number of hydrogen-bond donors (Lipinski definition) is 2. The smallest absolute Gasteiger partial charge is 0.433 e. The highest BCUT2D eigenvalue weighted by Gasteiger charge is 2.34. The second kappa shape index (κ2) is 16.0. The number of pyridine rings is 2. The Balaban J connectivity index is 0.931. The molecule has 1 atom stereocenters. The van der Waals surface area contributed by atoms with Crippen molar-refractivity contribution in [3.05, 3.63) is 83.6 Å². The number of piperidine rings is 2. The number of benzene rings is 1. The van der Waals surface area contributed by atoms with E-state index >= 15 is 0 Å². The first-order valence-electron chi connectivity index (χ1n) is 19.2. The number of imidazole rings is 1. The highest BCUT2D eigenvalue weighted by atomic mass is 19.4. The van der Waals surface area contributed by atoms with Gasteiger partial charge in [0.15, 0.2) is 0 Å². The molecule has 1 saturated carbocycles. The highest BCUT2D eigenvalue weighted by molar-refractivity contribution is 6.04. The summed E-state index contributed by atoms with van der Waals surface area (Å²) in [6.07, 6.45) is 6.07. The minimum Gasteiger partial charge on any atom is -0.489 e. The molecule has 3 fully saturated rings. The Hall–Kier alpha value is -4.98. The van der Waals surface area contributed by atoms with Crippen LogP contribution in [0.15, 0.2) is 60.9 Å². The summed E-state index contributed by atoms with van der Waals surface area (Å²) in [6.45, 7) is 6.66. The van der Waals surface area contributed by atoms with E-state index in [1.54, 1.807) is 12.3 Å². The number of carbonyl (C=O) groups excluding carboxylic acids is 3. The van der Waals surface area contributed by atoms with Gasteiger partial charge < -0.3 is 24.3 Å². The monoisotopic (exact) mass is 759 g/mol. The lowest BCUT2D eigenvalue weighted by Crippen LogP contribution is -2.45. The Bertz CT molecular complexity index is 2030. The van der Waals surface area contributed by atoms with Gasteiger partial charge in [-0.2, -0.15) is 13.2 Å². The molecule has 3 amide bonds. The Morgan fingerprint density at radius 1 is 0.982 bits per heavy atom. The molecule has 7 rings (SSSR count). The number of aromatic nitrogens is 3. The van der Waals surface area contributed by atoms with E-state index in [1.165, 1.54) is 6.07 Å². The first-order chi connectivity index (χ1) is 26.3. The first kappa shape index (κ1) is 38.3. The predicted octanol–water partition coefficient (Wildman–Crippen LogP) is 7.18. The van der Waals surface area contributed by atoms with Crippen LogP contribution in [-0.2, 0) is 15.8 Å². The average Bonchev–Trinajstić information content (AvgIpc) is 3.57. The summed E-state index contributed by atoms with van der Waals surface area (Å²) in [5, 5.41) is 5.17. The normalized spacial score (nSPS) is 21.3. The van der Waals surface area contributed by atoms with E-state index in [0.717, 1.165) is 87.2 Å². The molecule has 1 unspecified atom stereocenters. The molecule has 3 aromatic heterocycles. The first-order valence-corrected chi connectivity index (χ1v) is 19.2. The Morgan fingerprint density at radius 2 is 1.73 bits per heavy atom. The van der Waals surface area contributed by atoms with Crippen LogP contribution < -0.4 is 20.3 Å². The van der Waals surface area contributed by atoms with Gasteiger partial charge >= 0.3 is 6.18 Å². The van der Waals surface area contributed by atoms with Gasteiger partial charge in [0.25, 0.3) is 5.91 Å². The minimum atomic E-state index is -4.67. The molecule has 292 valence electrons. The van der Waals surface area contributed by atoms with E-state index in [2.05, 4.69) is 44.6 Å². The summed E-state index contributed by atoms with van der Waals surface area (Å²) in [7, 11) is 2.24. The summed E-state index contributed by atoms with van der Waals surface area (Å²) in [5.74, 6) is -0.194. The van der Waals surface area contributed by atoms with Gasteiger partial charge in [0, 0.05) is 62.2 Å². The minimum absolute atomic E-state index is 0.197. The van der Waals surface area contributed by atoms with E-state index < -0.39 is 17.8 Å². The van der Waals surface area contributed by atoms with Gasteiger partial charge in [-0.05, 0) is 102 Å². The number of imide groups is 1. The van der Waals surface area contributed by atoms with Gasteiger partial charge in [0.1, 0.15) is 28.5 Å². The molecule has 3 aliphatic rings. The van der Waals surface area contributed by atoms with Crippen LogP contribution in [0.1, 0.15) is 104 Å². The summed E-state index contributed by atoms with van der Waals surface area (Å²) in [4.78, 5) is 50.5. The van der Waals surface area contributed by atoms with Crippen molar-refractivity contribution >= 4 is 34.7 Å². The molecular formula is C41H48F3N7O4. The van der Waals surface area contributed by atoms with E-state index in [0.29, 0.717) is 47.8 Å². The number of alkyl halides is 3. The number of ether oxygens (including phenoxy) is 1. The van der Waals surface area contributed by atoms with Crippen molar-refractivity contribution in [3.63, 3.8) is 0 Å². The summed E-state index contributed by atoms with van der Waals surface area (Å²) < 4.78 is 47.5. The van der Waals surface area contributed by atoms with Gasteiger partial charge in [-0.25, -0.2) is 9.97 Å². The SMILES string of the molecule is CC(C)Oc1cc2nc([C@H]3CC[C@H](CN(C)C4CCN(c5cccc(C6CCC(=O)NC6=O)c5)CC4)CC3)cn2cc1NC(=O)c1cccc(C(F)(F)F)n1. The van der Waals surface area contributed by atoms with E-state index in [4.69, 9.17) is 9.72 Å². The lowest BCUT2D eigenvalue weighted by atomic mass is 9.80. The topological polar surface area (TPSA) is 121 Å². The maximum absolute atomic E-state index is 13.2.